The number of carbonyl (C=O) groups excluding carboxylic acids is 3. The molecule has 1 aliphatic rings. The third kappa shape index (κ3) is 5.82. The van der Waals surface area contributed by atoms with Gasteiger partial charge in [0, 0.05) is 18.5 Å². The van der Waals surface area contributed by atoms with Crippen LogP contribution in [-0.4, -0.2) is 44.2 Å². The van der Waals surface area contributed by atoms with Crippen molar-refractivity contribution in [3.05, 3.63) is 64.8 Å². The standard InChI is InChI=1S/C22H17FN4O4S3/c23-14-6-2-1-5-13(14)11-17-20(30)27(22(32)34-17)10-9-18(28)25-26-19(29)12-33-21-24-15-7-3-4-8-16(15)31-21/h1-8,11H,9-10,12H2,(H,25,28)(H,26,29). The minimum absolute atomic E-state index is 0.0113. The predicted octanol–water partition coefficient (Wildman–Crippen LogP) is 3.50. The van der Waals surface area contributed by atoms with Gasteiger partial charge in [-0.3, -0.25) is 30.1 Å². The molecule has 1 saturated heterocycles. The van der Waals surface area contributed by atoms with Crippen molar-refractivity contribution in [3.63, 3.8) is 0 Å². The van der Waals surface area contributed by atoms with Crippen LogP contribution in [0.1, 0.15) is 12.0 Å². The molecule has 0 spiro atoms. The van der Waals surface area contributed by atoms with Crippen molar-refractivity contribution in [1.29, 1.82) is 0 Å². The van der Waals surface area contributed by atoms with Crippen molar-refractivity contribution in [2.45, 2.75) is 11.6 Å². The number of hydrogen-bond donors (Lipinski definition) is 2. The Balaban J connectivity index is 1.22. The number of hydrazine groups is 1. The number of nitrogens with zero attached hydrogens (tertiary/aromatic N) is 2. The highest BCUT2D eigenvalue weighted by Gasteiger charge is 2.32. The molecular formula is C22H17FN4O4S3. The summed E-state index contributed by atoms with van der Waals surface area (Å²) in [5.74, 6) is -1.80. The van der Waals surface area contributed by atoms with E-state index in [-0.39, 0.29) is 33.5 Å². The molecule has 2 aromatic carbocycles. The van der Waals surface area contributed by atoms with Crippen molar-refractivity contribution in [3.8, 4) is 0 Å². The minimum atomic E-state index is -0.493. The molecule has 4 rings (SSSR count). The molecule has 8 nitrogen and oxygen atoms in total. The molecule has 0 aliphatic carbocycles. The predicted molar refractivity (Wildman–Crippen MR) is 132 cm³/mol. The molecule has 0 bridgehead atoms. The van der Waals surface area contributed by atoms with Crippen LogP contribution in [0.5, 0.6) is 0 Å². The Kier molecular flexibility index (Phi) is 7.60. The fourth-order valence-electron chi connectivity index (χ4n) is 2.92. The van der Waals surface area contributed by atoms with Gasteiger partial charge in [0.1, 0.15) is 15.7 Å². The summed E-state index contributed by atoms with van der Waals surface area (Å²) >= 11 is 7.36. The molecule has 1 fully saturated rings. The number of carbonyl (C=O) groups is 3. The van der Waals surface area contributed by atoms with Crippen LogP contribution in [-0.2, 0) is 14.4 Å². The number of hydrogen-bond acceptors (Lipinski definition) is 8. The number of para-hydroxylation sites is 2. The van der Waals surface area contributed by atoms with Gasteiger partial charge in [0.25, 0.3) is 11.1 Å². The van der Waals surface area contributed by atoms with Crippen LogP contribution >= 0.6 is 35.7 Å². The number of amides is 3. The Labute approximate surface area is 207 Å². The number of oxazole rings is 1. The van der Waals surface area contributed by atoms with Crippen molar-refractivity contribution in [2.24, 2.45) is 0 Å². The van der Waals surface area contributed by atoms with E-state index in [0.717, 1.165) is 23.5 Å². The Morgan fingerprint density at radius 1 is 1.15 bits per heavy atom. The van der Waals surface area contributed by atoms with Crippen molar-refractivity contribution >= 4 is 75.0 Å². The lowest BCUT2D eigenvalue weighted by Gasteiger charge is -2.14. The van der Waals surface area contributed by atoms with Gasteiger partial charge in [-0.2, -0.15) is 0 Å². The van der Waals surface area contributed by atoms with E-state index in [2.05, 4.69) is 15.8 Å². The zero-order valence-corrected chi connectivity index (χ0v) is 19.9. The van der Waals surface area contributed by atoms with Crippen LogP contribution < -0.4 is 10.9 Å². The van der Waals surface area contributed by atoms with E-state index in [4.69, 9.17) is 16.6 Å². The highest BCUT2D eigenvalue weighted by molar-refractivity contribution is 8.26. The summed E-state index contributed by atoms with van der Waals surface area (Å²) in [5, 5.41) is 0.348. The Bertz CT molecular complexity index is 1280. The first kappa shape index (κ1) is 23.9. The van der Waals surface area contributed by atoms with Crippen molar-refractivity contribution < 1.29 is 23.2 Å². The van der Waals surface area contributed by atoms with E-state index >= 15 is 0 Å². The van der Waals surface area contributed by atoms with Crippen LogP contribution in [0.2, 0.25) is 0 Å². The zero-order chi connectivity index (χ0) is 24.1. The van der Waals surface area contributed by atoms with E-state index in [9.17, 15) is 18.8 Å². The molecule has 3 amide bonds. The lowest BCUT2D eigenvalue weighted by molar-refractivity contribution is -0.128. The monoisotopic (exact) mass is 516 g/mol. The fraction of sp³-hybridized carbons (Fsp3) is 0.136. The minimum Gasteiger partial charge on any atom is -0.431 e. The lowest BCUT2D eigenvalue weighted by Crippen LogP contribution is -2.44. The molecule has 12 heteroatoms. The van der Waals surface area contributed by atoms with Gasteiger partial charge in [0.15, 0.2) is 5.58 Å². The number of fused-ring (bicyclic) bond motifs is 1. The lowest BCUT2D eigenvalue weighted by atomic mass is 10.2. The van der Waals surface area contributed by atoms with Crippen LogP contribution in [0.3, 0.4) is 0 Å². The van der Waals surface area contributed by atoms with E-state index in [1.807, 2.05) is 12.1 Å². The molecule has 2 heterocycles. The van der Waals surface area contributed by atoms with Gasteiger partial charge in [-0.1, -0.05) is 66.1 Å². The molecule has 1 aromatic heterocycles. The number of thiocarbonyl (C=S) groups is 1. The maximum absolute atomic E-state index is 13.9. The largest absolute Gasteiger partial charge is 0.431 e. The van der Waals surface area contributed by atoms with Crippen molar-refractivity contribution in [1.82, 2.24) is 20.7 Å². The molecule has 0 unspecified atom stereocenters. The molecule has 34 heavy (non-hydrogen) atoms. The van der Waals surface area contributed by atoms with Crippen LogP contribution in [0.25, 0.3) is 17.2 Å². The Hall–Kier alpha value is -3.22. The third-order valence-electron chi connectivity index (χ3n) is 4.57. The second-order valence-electron chi connectivity index (χ2n) is 6.94. The maximum Gasteiger partial charge on any atom is 0.266 e. The second-order valence-corrected chi connectivity index (χ2v) is 9.54. The Morgan fingerprint density at radius 3 is 2.68 bits per heavy atom. The number of thioether (sulfide) groups is 2. The fourth-order valence-corrected chi connectivity index (χ4v) is 4.86. The summed E-state index contributed by atoms with van der Waals surface area (Å²) in [5.41, 5.74) is 6.20. The Morgan fingerprint density at radius 2 is 1.88 bits per heavy atom. The quantitative estimate of drug-likeness (QED) is 0.213. The number of aromatic nitrogens is 1. The summed E-state index contributed by atoms with van der Waals surface area (Å²) in [6.07, 6.45) is 1.35. The third-order valence-corrected chi connectivity index (χ3v) is 6.78. The van der Waals surface area contributed by atoms with E-state index in [1.165, 1.54) is 17.0 Å². The smallest absolute Gasteiger partial charge is 0.266 e. The highest BCUT2D eigenvalue weighted by Crippen LogP contribution is 2.33. The van der Waals surface area contributed by atoms with Gasteiger partial charge in [-0.05, 0) is 24.3 Å². The molecule has 0 radical (unpaired) electrons. The topological polar surface area (TPSA) is 105 Å². The first-order chi connectivity index (χ1) is 16.4. The molecular weight excluding hydrogens is 499 g/mol. The van der Waals surface area contributed by atoms with E-state index in [1.54, 1.807) is 30.3 Å². The summed E-state index contributed by atoms with van der Waals surface area (Å²) in [7, 11) is 0. The molecule has 1 aliphatic heterocycles. The summed E-state index contributed by atoms with van der Waals surface area (Å²) in [6.45, 7) is 0.0264. The van der Waals surface area contributed by atoms with Crippen LogP contribution in [0.15, 0.2) is 63.1 Å². The van der Waals surface area contributed by atoms with Crippen molar-refractivity contribution in [2.75, 3.05) is 12.3 Å². The number of halogens is 1. The van der Waals surface area contributed by atoms with E-state index < -0.39 is 23.5 Å². The highest BCUT2D eigenvalue weighted by atomic mass is 32.2. The van der Waals surface area contributed by atoms with Crippen LogP contribution in [0, 0.1) is 5.82 Å². The average molecular weight is 517 g/mol. The second kappa shape index (κ2) is 10.8. The van der Waals surface area contributed by atoms with Gasteiger partial charge in [-0.25, -0.2) is 9.37 Å². The normalized spacial score (nSPS) is 14.7. The molecule has 0 atom stereocenters. The van der Waals surface area contributed by atoms with Gasteiger partial charge in [-0.15, -0.1) is 0 Å². The van der Waals surface area contributed by atoms with E-state index in [0.29, 0.717) is 16.3 Å². The zero-order valence-electron chi connectivity index (χ0n) is 17.4. The number of benzene rings is 2. The van der Waals surface area contributed by atoms with Gasteiger partial charge in [0.2, 0.25) is 11.8 Å². The maximum atomic E-state index is 13.9. The summed E-state index contributed by atoms with van der Waals surface area (Å²) in [6, 6.07) is 13.3. The molecule has 0 saturated carbocycles. The number of nitrogens with one attached hydrogen (secondary N) is 2. The molecule has 174 valence electrons. The SMILES string of the molecule is O=C(CCN1C(=O)C(=Cc2ccccc2F)SC1=S)NNC(=O)CSc1nc2ccccc2o1. The number of rotatable bonds is 7. The average Bonchev–Trinajstić information content (AvgIpc) is 3.36. The van der Waals surface area contributed by atoms with Gasteiger partial charge < -0.3 is 4.42 Å². The first-order valence-electron chi connectivity index (χ1n) is 9.96. The van der Waals surface area contributed by atoms with Gasteiger partial charge >= 0.3 is 0 Å². The van der Waals surface area contributed by atoms with Crippen LogP contribution in [0.4, 0.5) is 4.39 Å². The molecule has 2 N–H and O–H groups in total. The summed E-state index contributed by atoms with van der Waals surface area (Å²) in [4.78, 5) is 42.5. The first-order valence-corrected chi connectivity index (χ1v) is 12.2. The molecule has 3 aromatic rings. The summed E-state index contributed by atoms with van der Waals surface area (Å²) < 4.78 is 19.7. The van der Waals surface area contributed by atoms with Gasteiger partial charge in [0.05, 0.1) is 10.7 Å².